The summed E-state index contributed by atoms with van der Waals surface area (Å²) in [7, 11) is 0. The van der Waals surface area contributed by atoms with Crippen molar-refractivity contribution in [1.29, 1.82) is 0 Å². The zero-order valence-corrected chi connectivity index (χ0v) is 8.23. The standard InChI is InChI=1S/C10H12O5/c1-2-8(11)14-7-5-3-4-6-9(12)15-10(7)13/h2,7H,1,3-6H2. The van der Waals surface area contributed by atoms with Gasteiger partial charge in [-0.25, -0.2) is 9.59 Å². The predicted octanol–water partition coefficient (Wildman–Crippen LogP) is 0.728. The third-order valence-electron chi connectivity index (χ3n) is 2.00. The number of esters is 3. The van der Waals surface area contributed by atoms with E-state index in [2.05, 4.69) is 11.3 Å². The first-order valence-electron chi connectivity index (χ1n) is 4.71. The van der Waals surface area contributed by atoms with Crippen LogP contribution in [0.1, 0.15) is 25.7 Å². The third kappa shape index (κ3) is 3.53. The summed E-state index contributed by atoms with van der Waals surface area (Å²) in [5, 5.41) is 0. The lowest BCUT2D eigenvalue weighted by molar-refractivity contribution is -0.174. The van der Waals surface area contributed by atoms with E-state index >= 15 is 0 Å². The molecule has 0 radical (unpaired) electrons. The van der Waals surface area contributed by atoms with Crippen molar-refractivity contribution in [2.24, 2.45) is 0 Å². The first-order valence-corrected chi connectivity index (χ1v) is 4.71. The van der Waals surface area contributed by atoms with Crippen molar-refractivity contribution in [3.63, 3.8) is 0 Å². The second-order valence-corrected chi connectivity index (χ2v) is 3.17. The summed E-state index contributed by atoms with van der Waals surface area (Å²) in [6.45, 7) is 3.21. The van der Waals surface area contributed by atoms with E-state index in [4.69, 9.17) is 4.74 Å². The van der Waals surface area contributed by atoms with E-state index in [0.29, 0.717) is 19.3 Å². The molecule has 0 aliphatic carbocycles. The highest BCUT2D eigenvalue weighted by Crippen LogP contribution is 2.13. The van der Waals surface area contributed by atoms with Gasteiger partial charge in [-0.1, -0.05) is 6.58 Å². The maximum atomic E-state index is 11.3. The predicted molar refractivity (Wildman–Crippen MR) is 49.6 cm³/mol. The number of hydrogen-bond donors (Lipinski definition) is 0. The number of cyclic esters (lactones) is 2. The number of hydrogen-bond acceptors (Lipinski definition) is 5. The molecule has 0 bridgehead atoms. The van der Waals surface area contributed by atoms with Crippen LogP contribution in [0.3, 0.4) is 0 Å². The number of rotatable bonds is 2. The van der Waals surface area contributed by atoms with Crippen molar-refractivity contribution in [2.45, 2.75) is 31.8 Å². The van der Waals surface area contributed by atoms with E-state index in [0.717, 1.165) is 6.08 Å². The van der Waals surface area contributed by atoms with Crippen LogP contribution in [0.25, 0.3) is 0 Å². The Morgan fingerprint density at radius 3 is 2.87 bits per heavy atom. The Morgan fingerprint density at radius 2 is 2.20 bits per heavy atom. The summed E-state index contributed by atoms with van der Waals surface area (Å²) < 4.78 is 9.21. The molecule has 0 aromatic carbocycles. The van der Waals surface area contributed by atoms with Crippen LogP contribution in [0, 0.1) is 0 Å². The molecule has 82 valence electrons. The third-order valence-corrected chi connectivity index (χ3v) is 2.00. The molecule has 0 spiro atoms. The number of carbonyl (C=O) groups is 3. The SMILES string of the molecule is C=CC(=O)OC1CCCCC(=O)OC1=O. The van der Waals surface area contributed by atoms with Gasteiger partial charge in [0.15, 0.2) is 6.10 Å². The van der Waals surface area contributed by atoms with E-state index in [9.17, 15) is 14.4 Å². The van der Waals surface area contributed by atoms with Gasteiger partial charge in [0.05, 0.1) is 0 Å². The Kier molecular flexibility index (Phi) is 4.03. The van der Waals surface area contributed by atoms with Crippen LogP contribution in [-0.4, -0.2) is 24.0 Å². The van der Waals surface area contributed by atoms with E-state index in [1.807, 2.05) is 0 Å². The summed E-state index contributed by atoms with van der Waals surface area (Å²) in [6, 6.07) is 0. The van der Waals surface area contributed by atoms with Gasteiger partial charge < -0.3 is 9.47 Å². The minimum atomic E-state index is -0.986. The Balaban J connectivity index is 2.59. The molecular weight excluding hydrogens is 200 g/mol. The monoisotopic (exact) mass is 212 g/mol. The van der Waals surface area contributed by atoms with Gasteiger partial charge in [0.25, 0.3) is 0 Å². The summed E-state index contributed by atoms with van der Waals surface area (Å²) in [6.07, 6.45) is 1.87. The zero-order valence-electron chi connectivity index (χ0n) is 8.23. The Bertz CT molecular complexity index is 294. The molecule has 1 unspecified atom stereocenters. The Morgan fingerprint density at radius 1 is 1.47 bits per heavy atom. The fraction of sp³-hybridized carbons (Fsp3) is 0.500. The maximum Gasteiger partial charge on any atom is 0.355 e. The summed E-state index contributed by atoms with van der Waals surface area (Å²) in [5.74, 6) is -2.06. The fourth-order valence-electron chi connectivity index (χ4n) is 1.24. The first-order chi connectivity index (χ1) is 7.13. The van der Waals surface area contributed by atoms with E-state index in [1.165, 1.54) is 0 Å². The molecule has 0 aromatic rings. The van der Waals surface area contributed by atoms with Gasteiger partial charge in [-0.05, 0) is 19.3 Å². The van der Waals surface area contributed by atoms with Crippen LogP contribution in [0.15, 0.2) is 12.7 Å². The summed E-state index contributed by atoms with van der Waals surface area (Å²) in [4.78, 5) is 33.1. The van der Waals surface area contributed by atoms with Crippen molar-refractivity contribution in [3.05, 3.63) is 12.7 Å². The van der Waals surface area contributed by atoms with Gasteiger partial charge in [0.1, 0.15) is 0 Å². The molecule has 0 N–H and O–H groups in total. The van der Waals surface area contributed by atoms with Crippen molar-refractivity contribution >= 4 is 17.9 Å². The average Bonchev–Trinajstić information content (AvgIpc) is 2.20. The first kappa shape index (κ1) is 11.4. The quantitative estimate of drug-likeness (QED) is 0.383. The van der Waals surface area contributed by atoms with E-state index in [-0.39, 0.29) is 6.42 Å². The average molecular weight is 212 g/mol. The lowest BCUT2D eigenvalue weighted by atomic mass is 10.1. The molecule has 1 aliphatic rings. The molecule has 5 nitrogen and oxygen atoms in total. The van der Waals surface area contributed by atoms with Crippen molar-refractivity contribution in [3.8, 4) is 0 Å². The summed E-state index contributed by atoms with van der Waals surface area (Å²) in [5.41, 5.74) is 0. The molecule has 0 saturated carbocycles. The molecular formula is C10H12O5. The Hall–Kier alpha value is -1.65. The lowest BCUT2D eigenvalue weighted by Gasteiger charge is -2.17. The normalized spacial score (nSPS) is 22.3. The molecule has 1 rings (SSSR count). The maximum absolute atomic E-state index is 11.3. The van der Waals surface area contributed by atoms with Crippen LogP contribution in [-0.2, 0) is 23.9 Å². The molecule has 1 aliphatic heterocycles. The van der Waals surface area contributed by atoms with Gasteiger partial charge in [0.2, 0.25) is 0 Å². The minimum Gasteiger partial charge on any atom is -0.447 e. The van der Waals surface area contributed by atoms with Gasteiger partial charge in [-0.3, -0.25) is 4.79 Å². The van der Waals surface area contributed by atoms with Crippen LogP contribution >= 0.6 is 0 Å². The Labute approximate surface area is 87.0 Å². The van der Waals surface area contributed by atoms with Crippen molar-refractivity contribution in [1.82, 2.24) is 0 Å². The number of carbonyl (C=O) groups excluding carboxylic acids is 3. The van der Waals surface area contributed by atoms with Crippen LogP contribution in [0.5, 0.6) is 0 Å². The second-order valence-electron chi connectivity index (χ2n) is 3.17. The van der Waals surface area contributed by atoms with E-state index in [1.54, 1.807) is 0 Å². The smallest absolute Gasteiger partial charge is 0.355 e. The largest absolute Gasteiger partial charge is 0.447 e. The molecule has 1 heterocycles. The second kappa shape index (κ2) is 5.29. The molecule has 1 saturated heterocycles. The van der Waals surface area contributed by atoms with Gasteiger partial charge in [0, 0.05) is 12.5 Å². The molecule has 0 aromatic heterocycles. The van der Waals surface area contributed by atoms with Crippen LogP contribution in [0.2, 0.25) is 0 Å². The highest BCUT2D eigenvalue weighted by Gasteiger charge is 2.27. The lowest BCUT2D eigenvalue weighted by Crippen LogP contribution is -2.31. The molecule has 1 fully saturated rings. The zero-order chi connectivity index (χ0) is 11.3. The minimum absolute atomic E-state index is 0.230. The molecule has 1 atom stereocenters. The highest BCUT2D eigenvalue weighted by atomic mass is 16.6. The van der Waals surface area contributed by atoms with E-state index < -0.39 is 24.0 Å². The summed E-state index contributed by atoms with van der Waals surface area (Å²) >= 11 is 0. The molecule has 15 heavy (non-hydrogen) atoms. The number of ether oxygens (including phenoxy) is 2. The van der Waals surface area contributed by atoms with Gasteiger partial charge in [-0.2, -0.15) is 0 Å². The van der Waals surface area contributed by atoms with Crippen molar-refractivity contribution in [2.75, 3.05) is 0 Å². The highest BCUT2D eigenvalue weighted by molar-refractivity contribution is 5.90. The molecule has 5 heteroatoms. The van der Waals surface area contributed by atoms with Crippen LogP contribution < -0.4 is 0 Å². The van der Waals surface area contributed by atoms with Gasteiger partial charge in [-0.15, -0.1) is 0 Å². The van der Waals surface area contributed by atoms with Gasteiger partial charge >= 0.3 is 17.9 Å². The molecule has 0 amide bonds. The topological polar surface area (TPSA) is 69.7 Å². The van der Waals surface area contributed by atoms with Crippen LogP contribution in [0.4, 0.5) is 0 Å². The fourth-order valence-corrected chi connectivity index (χ4v) is 1.24. The van der Waals surface area contributed by atoms with Crippen molar-refractivity contribution < 1.29 is 23.9 Å².